The van der Waals surface area contributed by atoms with E-state index in [0.29, 0.717) is 18.8 Å². The Labute approximate surface area is 87.8 Å². The van der Waals surface area contributed by atoms with E-state index in [1.54, 1.807) is 24.3 Å². The first-order chi connectivity index (χ1) is 7.20. The van der Waals surface area contributed by atoms with Crippen LogP contribution in [0, 0.1) is 0 Å². The highest BCUT2D eigenvalue weighted by molar-refractivity contribution is 5.96. The molecule has 0 aromatic carbocycles. The van der Waals surface area contributed by atoms with Crippen molar-refractivity contribution in [1.82, 2.24) is 4.98 Å². The number of nitrogens with zero attached hydrogens (tertiary/aromatic N) is 2. The summed E-state index contributed by atoms with van der Waals surface area (Å²) in [6.45, 7) is 0.562. The molecule has 1 amide bonds. The molecule has 0 bridgehead atoms. The Bertz CT molecular complexity index is 363. The first kappa shape index (κ1) is 9.92. The maximum atomic E-state index is 11.5. The number of nitrogens with two attached hydrogens (primary N) is 1. The van der Waals surface area contributed by atoms with Crippen LogP contribution in [-0.4, -0.2) is 30.6 Å². The number of aromatic nitrogens is 1. The summed E-state index contributed by atoms with van der Waals surface area (Å²) in [5, 5.41) is 0. The zero-order valence-corrected chi connectivity index (χ0v) is 8.51. The topological polar surface area (TPSA) is 68.5 Å². The second-order valence-electron chi connectivity index (χ2n) is 3.53. The molecular formula is C10H13N3O2. The number of carbonyl (C=O) groups is 1. The predicted molar refractivity (Wildman–Crippen MR) is 55.7 cm³/mol. The fourth-order valence-corrected chi connectivity index (χ4v) is 1.64. The first-order valence-corrected chi connectivity index (χ1v) is 4.76. The molecule has 5 heteroatoms. The minimum Gasteiger partial charge on any atom is -0.481 e. The molecule has 1 atom stereocenters. The van der Waals surface area contributed by atoms with Gasteiger partial charge in [-0.1, -0.05) is 0 Å². The molecule has 0 radical (unpaired) electrons. The van der Waals surface area contributed by atoms with Crippen molar-refractivity contribution in [3.8, 4) is 5.88 Å². The second kappa shape index (κ2) is 3.86. The van der Waals surface area contributed by atoms with Gasteiger partial charge in [-0.15, -0.1) is 0 Å². The number of amides is 1. The fourth-order valence-electron chi connectivity index (χ4n) is 1.64. The van der Waals surface area contributed by atoms with Gasteiger partial charge in [0, 0.05) is 25.1 Å². The van der Waals surface area contributed by atoms with Gasteiger partial charge < -0.3 is 15.4 Å². The predicted octanol–water partition coefficient (Wildman–Crippen LogP) is 0.154. The quantitative estimate of drug-likeness (QED) is 0.749. The van der Waals surface area contributed by atoms with Gasteiger partial charge >= 0.3 is 0 Å². The van der Waals surface area contributed by atoms with Crippen LogP contribution in [-0.2, 0) is 4.79 Å². The van der Waals surface area contributed by atoms with Crippen molar-refractivity contribution in [2.75, 3.05) is 18.6 Å². The number of rotatable bonds is 2. The molecular weight excluding hydrogens is 194 g/mol. The summed E-state index contributed by atoms with van der Waals surface area (Å²) < 4.78 is 4.94. The van der Waals surface area contributed by atoms with Crippen molar-refractivity contribution in [1.29, 1.82) is 0 Å². The van der Waals surface area contributed by atoms with E-state index in [1.807, 2.05) is 6.07 Å². The number of ether oxygens (including phenoxy) is 1. The van der Waals surface area contributed by atoms with Gasteiger partial charge in [-0.3, -0.25) is 4.79 Å². The van der Waals surface area contributed by atoms with Crippen LogP contribution in [0.5, 0.6) is 5.88 Å². The number of pyridine rings is 1. The van der Waals surface area contributed by atoms with Crippen LogP contribution in [0.15, 0.2) is 18.3 Å². The van der Waals surface area contributed by atoms with Gasteiger partial charge in [0.2, 0.25) is 11.8 Å². The Morgan fingerprint density at radius 3 is 2.87 bits per heavy atom. The molecule has 1 fully saturated rings. The summed E-state index contributed by atoms with van der Waals surface area (Å²) in [6, 6.07) is 3.47. The van der Waals surface area contributed by atoms with E-state index in [2.05, 4.69) is 4.98 Å². The highest BCUT2D eigenvalue weighted by Crippen LogP contribution is 2.21. The summed E-state index contributed by atoms with van der Waals surface area (Å²) in [5.41, 5.74) is 6.47. The summed E-state index contributed by atoms with van der Waals surface area (Å²) in [6.07, 6.45) is 2.03. The maximum Gasteiger partial charge on any atom is 0.228 e. The van der Waals surface area contributed by atoms with E-state index in [4.69, 9.17) is 10.5 Å². The summed E-state index contributed by atoms with van der Waals surface area (Å²) in [5.74, 6) is 0.587. The third-order valence-electron chi connectivity index (χ3n) is 2.40. The maximum absolute atomic E-state index is 11.5. The minimum absolute atomic E-state index is 0.0504. The molecule has 0 saturated carbocycles. The lowest BCUT2D eigenvalue weighted by molar-refractivity contribution is -0.117. The highest BCUT2D eigenvalue weighted by atomic mass is 16.5. The molecule has 80 valence electrons. The number of hydrogen-bond acceptors (Lipinski definition) is 4. The SMILES string of the molecule is COc1ccc(N2CC(N)CC2=O)cn1. The molecule has 1 unspecified atom stereocenters. The van der Waals surface area contributed by atoms with E-state index >= 15 is 0 Å². The average Bonchev–Trinajstić information content (AvgIpc) is 2.58. The third-order valence-corrected chi connectivity index (χ3v) is 2.40. The lowest BCUT2D eigenvalue weighted by Crippen LogP contribution is -2.27. The monoisotopic (exact) mass is 207 g/mol. The number of methoxy groups -OCH3 is 1. The molecule has 15 heavy (non-hydrogen) atoms. The molecule has 1 aliphatic heterocycles. The Balaban J connectivity index is 2.19. The molecule has 1 aromatic heterocycles. The molecule has 0 spiro atoms. The Hall–Kier alpha value is -1.62. The normalized spacial score (nSPS) is 20.8. The summed E-state index contributed by atoms with van der Waals surface area (Å²) in [7, 11) is 1.55. The van der Waals surface area contributed by atoms with Gasteiger partial charge in [-0.25, -0.2) is 4.98 Å². The number of hydrogen-bond donors (Lipinski definition) is 1. The van der Waals surface area contributed by atoms with Crippen LogP contribution < -0.4 is 15.4 Å². The van der Waals surface area contributed by atoms with Gasteiger partial charge in [-0.05, 0) is 6.07 Å². The van der Waals surface area contributed by atoms with Crippen LogP contribution in [0.1, 0.15) is 6.42 Å². The van der Waals surface area contributed by atoms with Gasteiger partial charge in [0.15, 0.2) is 0 Å². The molecule has 5 nitrogen and oxygen atoms in total. The smallest absolute Gasteiger partial charge is 0.228 e. The van der Waals surface area contributed by atoms with Crippen LogP contribution in [0.4, 0.5) is 5.69 Å². The van der Waals surface area contributed by atoms with E-state index in [0.717, 1.165) is 5.69 Å². The van der Waals surface area contributed by atoms with Gasteiger partial charge in [-0.2, -0.15) is 0 Å². The number of anilines is 1. The minimum atomic E-state index is -0.0698. The molecule has 2 heterocycles. The van der Waals surface area contributed by atoms with Crippen LogP contribution in [0.2, 0.25) is 0 Å². The van der Waals surface area contributed by atoms with Gasteiger partial charge in [0.25, 0.3) is 0 Å². The zero-order valence-electron chi connectivity index (χ0n) is 8.51. The van der Waals surface area contributed by atoms with Crippen LogP contribution in [0.25, 0.3) is 0 Å². The Kier molecular flexibility index (Phi) is 2.55. The molecule has 2 N–H and O–H groups in total. The first-order valence-electron chi connectivity index (χ1n) is 4.76. The lowest BCUT2D eigenvalue weighted by atomic mass is 10.3. The fraction of sp³-hybridized carbons (Fsp3) is 0.400. The van der Waals surface area contributed by atoms with Gasteiger partial charge in [0.05, 0.1) is 19.0 Å². The second-order valence-corrected chi connectivity index (χ2v) is 3.53. The molecule has 1 saturated heterocycles. The molecule has 2 rings (SSSR count). The van der Waals surface area contributed by atoms with Crippen LogP contribution in [0.3, 0.4) is 0 Å². The third kappa shape index (κ3) is 1.92. The van der Waals surface area contributed by atoms with Gasteiger partial charge in [0.1, 0.15) is 0 Å². The van der Waals surface area contributed by atoms with Crippen molar-refractivity contribution in [3.05, 3.63) is 18.3 Å². The van der Waals surface area contributed by atoms with Crippen molar-refractivity contribution < 1.29 is 9.53 Å². The van der Waals surface area contributed by atoms with Crippen LogP contribution >= 0.6 is 0 Å². The Morgan fingerprint density at radius 2 is 2.40 bits per heavy atom. The summed E-state index contributed by atoms with van der Waals surface area (Å²) >= 11 is 0. The Morgan fingerprint density at radius 1 is 1.60 bits per heavy atom. The zero-order chi connectivity index (χ0) is 10.8. The van der Waals surface area contributed by atoms with Crippen molar-refractivity contribution >= 4 is 11.6 Å². The van der Waals surface area contributed by atoms with Crippen molar-refractivity contribution in [3.63, 3.8) is 0 Å². The molecule has 0 aliphatic carbocycles. The highest BCUT2D eigenvalue weighted by Gasteiger charge is 2.28. The standard InChI is InChI=1S/C10H13N3O2/c1-15-9-3-2-8(5-12-9)13-6-7(11)4-10(13)14/h2-3,5,7H,4,6,11H2,1H3. The van der Waals surface area contributed by atoms with E-state index in [1.165, 1.54) is 0 Å². The van der Waals surface area contributed by atoms with E-state index in [9.17, 15) is 4.79 Å². The largest absolute Gasteiger partial charge is 0.481 e. The van der Waals surface area contributed by atoms with E-state index in [-0.39, 0.29) is 11.9 Å². The lowest BCUT2D eigenvalue weighted by Gasteiger charge is -2.15. The van der Waals surface area contributed by atoms with Crippen molar-refractivity contribution in [2.45, 2.75) is 12.5 Å². The molecule has 1 aromatic rings. The number of carbonyl (C=O) groups excluding carboxylic acids is 1. The van der Waals surface area contributed by atoms with E-state index < -0.39 is 0 Å². The molecule has 1 aliphatic rings. The van der Waals surface area contributed by atoms with Crippen molar-refractivity contribution in [2.24, 2.45) is 5.73 Å². The average molecular weight is 207 g/mol. The summed E-state index contributed by atoms with van der Waals surface area (Å²) in [4.78, 5) is 17.2.